The van der Waals surface area contributed by atoms with Crippen molar-refractivity contribution in [2.45, 2.75) is 24.9 Å². The van der Waals surface area contributed by atoms with Crippen LogP contribution in [0.5, 0.6) is 0 Å². The molecule has 0 aliphatic heterocycles. The zero-order valence-electron chi connectivity index (χ0n) is 15.0. The molecular formula is C22H19N3O2. The lowest BCUT2D eigenvalue weighted by atomic mass is 9.83. The molecule has 0 aliphatic rings. The van der Waals surface area contributed by atoms with Crippen LogP contribution in [-0.4, -0.2) is 10.6 Å². The fourth-order valence-electron chi connectivity index (χ4n) is 2.82. The molecule has 0 fully saturated rings. The van der Waals surface area contributed by atoms with Crippen LogP contribution in [0.1, 0.15) is 29.0 Å². The third-order valence-corrected chi connectivity index (χ3v) is 4.35. The van der Waals surface area contributed by atoms with Gasteiger partial charge in [-0.1, -0.05) is 48.1 Å². The van der Waals surface area contributed by atoms with Gasteiger partial charge in [0.15, 0.2) is 5.92 Å². The van der Waals surface area contributed by atoms with Gasteiger partial charge in [0, 0.05) is 12.1 Å². The molecule has 2 aromatic carbocycles. The van der Waals surface area contributed by atoms with Crippen molar-refractivity contribution in [3.63, 3.8) is 0 Å². The van der Waals surface area contributed by atoms with Gasteiger partial charge in [0.2, 0.25) is 0 Å². The first-order valence-electron chi connectivity index (χ1n) is 8.33. The summed E-state index contributed by atoms with van der Waals surface area (Å²) in [7, 11) is 0. The van der Waals surface area contributed by atoms with Gasteiger partial charge in [0.05, 0.1) is 4.92 Å². The second-order valence-corrected chi connectivity index (χ2v) is 6.19. The fraction of sp³-hybridized carbons (Fsp3) is 0.182. The smallest absolute Gasteiger partial charge is 0.258 e. The summed E-state index contributed by atoms with van der Waals surface area (Å²) in [6, 6.07) is 13.9. The van der Waals surface area contributed by atoms with Gasteiger partial charge in [-0.3, -0.25) is 10.1 Å². The van der Waals surface area contributed by atoms with E-state index in [-0.39, 0.29) is 12.1 Å². The Bertz CT molecular complexity index is 916. The van der Waals surface area contributed by atoms with E-state index in [4.69, 9.17) is 13.1 Å². The molecule has 0 spiro atoms. The number of hydrogen-bond donors (Lipinski definition) is 0. The predicted molar refractivity (Wildman–Crippen MR) is 107 cm³/mol. The molecule has 2 aromatic rings. The first kappa shape index (κ1) is 19.6. The monoisotopic (exact) mass is 357 g/mol. The van der Waals surface area contributed by atoms with E-state index >= 15 is 0 Å². The highest BCUT2D eigenvalue weighted by Gasteiger charge is 2.50. The van der Waals surface area contributed by atoms with Gasteiger partial charge in [-0.05, 0) is 30.2 Å². The summed E-state index contributed by atoms with van der Waals surface area (Å²) in [5.41, 5.74) is 1.43. The molecule has 1 atom stereocenters. The van der Waals surface area contributed by atoms with Crippen LogP contribution >= 0.6 is 0 Å². The van der Waals surface area contributed by atoms with Crippen molar-refractivity contribution in [1.82, 2.24) is 0 Å². The van der Waals surface area contributed by atoms with Crippen molar-refractivity contribution >= 4 is 11.8 Å². The van der Waals surface area contributed by atoms with E-state index in [9.17, 15) is 10.1 Å². The second-order valence-electron chi connectivity index (χ2n) is 6.19. The van der Waals surface area contributed by atoms with Gasteiger partial charge in [0.25, 0.3) is 5.69 Å². The first-order valence-corrected chi connectivity index (χ1v) is 8.33. The van der Waals surface area contributed by atoms with Crippen molar-refractivity contribution < 1.29 is 4.92 Å². The number of non-ortho nitro benzene ring substituents is 1. The van der Waals surface area contributed by atoms with E-state index < -0.39 is 16.5 Å². The first-order chi connectivity index (χ1) is 13.0. The molecule has 5 nitrogen and oxygen atoms in total. The predicted octanol–water partition coefficient (Wildman–Crippen LogP) is 5.81. The Kier molecular flexibility index (Phi) is 6.25. The summed E-state index contributed by atoms with van der Waals surface area (Å²) in [4.78, 5) is 17.7. The summed E-state index contributed by atoms with van der Waals surface area (Å²) in [5, 5.41) is 10.8. The van der Waals surface area contributed by atoms with Gasteiger partial charge < -0.3 is 0 Å². The zero-order chi connectivity index (χ0) is 19.9. The summed E-state index contributed by atoms with van der Waals surface area (Å²) in [5.74, 6) is -0.457. The van der Waals surface area contributed by atoms with Crippen LogP contribution in [0.4, 0.5) is 5.69 Å². The molecule has 0 saturated heterocycles. The van der Waals surface area contributed by atoms with Crippen LogP contribution in [0, 0.1) is 30.2 Å². The maximum atomic E-state index is 10.8. The molecule has 0 saturated carbocycles. The minimum absolute atomic E-state index is 0.0190. The molecule has 0 amide bonds. The van der Waals surface area contributed by atoms with Crippen LogP contribution in [0.2, 0.25) is 0 Å². The van der Waals surface area contributed by atoms with E-state index in [0.717, 1.165) is 16.7 Å². The Morgan fingerprint density at radius 1 is 1.15 bits per heavy atom. The third kappa shape index (κ3) is 4.48. The molecule has 1 unspecified atom stereocenters. The van der Waals surface area contributed by atoms with Gasteiger partial charge in [-0.25, -0.2) is 22.8 Å². The average Bonchev–Trinajstić information content (AvgIpc) is 2.68. The van der Waals surface area contributed by atoms with Crippen LogP contribution in [0.15, 0.2) is 67.3 Å². The highest BCUT2D eigenvalue weighted by Crippen LogP contribution is 2.38. The van der Waals surface area contributed by atoms with Crippen molar-refractivity contribution in [1.29, 1.82) is 0 Å². The summed E-state index contributed by atoms with van der Waals surface area (Å²) in [6.45, 7) is 21.0. The molecular weight excluding hydrogens is 338 g/mol. The Labute approximate surface area is 159 Å². The van der Waals surface area contributed by atoms with Crippen molar-refractivity contribution in [2.75, 3.05) is 0 Å². The molecule has 2 rings (SSSR count). The molecule has 0 aromatic heterocycles. The third-order valence-electron chi connectivity index (χ3n) is 4.35. The average molecular weight is 357 g/mol. The standard InChI is InChI=1S/C22H19N3O2/c1-5-16-22(23-3,24-4)21(19-11-6-17(2)7-12-19)15-10-18-8-13-20(14-9-18)25(26)27/h5-15,21H,1,16H2,2H3/b15-10+. The van der Waals surface area contributed by atoms with Gasteiger partial charge in [-0.2, -0.15) is 0 Å². The summed E-state index contributed by atoms with van der Waals surface area (Å²) < 4.78 is 0. The summed E-state index contributed by atoms with van der Waals surface area (Å²) in [6.07, 6.45) is 5.45. The molecule has 5 heteroatoms. The van der Waals surface area contributed by atoms with E-state index in [0.29, 0.717) is 0 Å². The Balaban J connectivity index is 2.47. The number of rotatable bonds is 7. The summed E-state index contributed by atoms with van der Waals surface area (Å²) >= 11 is 0. The Morgan fingerprint density at radius 2 is 1.74 bits per heavy atom. The van der Waals surface area contributed by atoms with Crippen LogP contribution in [0.25, 0.3) is 15.8 Å². The second kappa shape index (κ2) is 8.60. The maximum Gasteiger partial charge on any atom is 0.496 e. The molecule has 0 aliphatic carbocycles. The van der Waals surface area contributed by atoms with Gasteiger partial charge in [0.1, 0.15) is 6.42 Å². The molecule has 134 valence electrons. The van der Waals surface area contributed by atoms with E-state index in [1.54, 1.807) is 24.3 Å². The normalized spacial score (nSPS) is 12.1. The molecule has 0 radical (unpaired) electrons. The Morgan fingerprint density at radius 3 is 2.22 bits per heavy atom. The lowest BCUT2D eigenvalue weighted by Crippen LogP contribution is -2.27. The van der Waals surface area contributed by atoms with Crippen molar-refractivity contribution in [2.24, 2.45) is 0 Å². The lowest BCUT2D eigenvalue weighted by Gasteiger charge is -2.18. The lowest BCUT2D eigenvalue weighted by molar-refractivity contribution is -0.384. The van der Waals surface area contributed by atoms with E-state index in [2.05, 4.69) is 16.3 Å². The Hall–Kier alpha value is -3.70. The molecule has 27 heavy (non-hydrogen) atoms. The number of nitro benzene ring substituents is 1. The van der Waals surface area contributed by atoms with Gasteiger partial charge >= 0.3 is 5.66 Å². The topological polar surface area (TPSA) is 51.9 Å². The van der Waals surface area contributed by atoms with Crippen LogP contribution in [0.3, 0.4) is 0 Å². The number of nitro groups is 1. The highest BCUT2D eigenvalue weighted by atomic mass is 16.6. The zero-order valence-corrected chi connectivity index (χ0v) is 15.0. The molecule has 0 heterocycles. The van der Waals surface area contributed by atoms with E-state index in [1.165, 1.54) is 12.1 Å². The number of benzene rings is 2. The van der Waals surface area contributed by atoms with Crippen molar-refractivity contribution in [3.05, 3.63) is 117 Å². The largest absolute Gasteiger partial charge is 0.496 e. The number of hydrogen-bond acceptors (Lipinski definition) is 2. The minimum Gasteiger partial charge on any atom is -0.258 e. The molecule has 0 N–H and O–H groups in total. The number of aryl methyl sites for hydroxylation is 1. The van der Waals surface area contributed by atoms with E-state index in [1.807, 2.05) is 37.3 Å². The number of nitrogens with zero attached hydrogens (tertiary/aromatic N) is 3. The van der Waals surface area contributed by atoms with Crippen LogP contribution in [-0.2, 0) is 0 Å². The van der Waals surface area contributed by atoms with Gasteiger partial charge in [-0.15, -0.1) is 6.58 Å². The molecule has 0 bridgehead atoms. The quantitative estimate of drug-likeness (QED) is 0.272. The highest BCUT2D eigenvalue weighted by molar-refractivity contribution is 5.54. The fourth-order valence-corrected chi connectivity index (χ4v) is 2.82. The minimum atomic E-state index is -1.31. The van der Waals surface area contributed by atoms with Crippen molar-refractivity contribution in [3.8, 4) is 0 Å². The maximum absolute atomic E-state index is 10.8. The SMILES string of the molecule is [C-]#[N+]C(CC=C)([N+]#[C-])C(/C=C/c1ccc([N+](=O)[O-])cc1)c1ccc(C)cc1. The van der Waals surface area contributed by atoms with Crippen LogP contribution < -0.4 is 0 Å².